The summed E-state index contributed by atoms with van der Waals surface area (Å²) in [6, 6.07) is 0. The van der Waals surface area contributed by atoms with Crippen LogP contribution in [-0.4, -0.2) is 15.0 Å². The molecule has 0 aromatic heterocycles. The Morgan fingerprint density at radius 2 is 1.62 bits per heavy atom. The van der Waals surface area contributed by atoms with Crippen molar-refractivity contribution in [2.24, 2.45) is 0 Å². The van der Waals surface area contributed by atoms with E-state index in [4.69, 9.17) is 0 Å². The first-order valence-corrected chi connectivity index (χ1v) is 5.72. The molecular weight excluding hydrogens is 229 g/mol. The third-order valence-electron chi connectivity index (χ3n) is 1.09. The van der Waals surface area contributed by atoms with Crippen molar-refractivity contribution >= 4 is 10.0 Å². The summed E-state index contributed by atoms with van der Waals surface area (Å²) in [5, 5.41) is 1.94. The lowest BCUT2D eigenvalue weighted by Crippen LogP contribution is -2.22. The first kappa shape index (κ1) is 14.1. The van der Waals surface area contributed by atoms with Gasteiger partial charge in [0.15, 0.2) is 0 Å². The lowest BCUT2D eigenvalue weighted by atomic mass is 10.5. The number of hydrogen-bond acceptors (Lipinski definition) is 2. The zero-order valence-electron chi connectivity index (χ0n) is 8.52. The van der Waals surface area contributed by atoms with E-state index in [1.165, 1.54) is 0 Å². The second kappa shape index (κ2) is 8.39. The highest BCUT2D eigenvalue weighted by Gasteiger charge is 2.01. The highest BCUT2D eigenvalue weighted by Crippen LogP contribution is 1.80. The van der Waals surface area contributed by atoms with Gasteiger partial charge in [0, 0.05) is 42.1 Å². The molecular formula is C11H8FNO2S. The van der Waals surface area contributed by atoms with Crippen molar-refractivity contribution in [2.75, 3.05) is 6.54 Å². The van der Waals surface area contributed by atoms with Crippen LogP contribution < -0.4 is 4.72 Å². The molecule has 82 valence electrons. The lowest BCUT2D eigenvalue weighted by Gasteiger charge is -1.94. The van der Waals surface area contributed by atoms with E-state index >= 15 is 0 Å². The molecule has 0 heterocycles. The molecule has 0 spiro atoms. The largest absolute Gasteiger partial charge is 0.281 e. The van der Waals surface area contributed by atoms with Gasteiger partial charge >= 0.3 is 0 Å². The Hall–Kier alpha value is -1.92. The third kappa shape index (κ3) is 8.67. The van der Waals surface area contributed by atoms with Crippen LogP contribution >= 0.6 is 0 Å². The highest BCUT2D eigenvalue weighted by atomic mass is 32.2. The van der Waals surface area contributed by atoms with Crippen molar-refractivity contribution < 1.29 is 12.8 Å². The molecule has 0 atom stereocenters. The quantitative estimate of drug-likeness (QED) is 0.713. The summed E-state index contributed by atoms with van der Waals surface area (Å²) in [4.78, 5) is 0. The second-order valence-electron chi connectivity index (χ2n) is 2.34. The summed E-state index contributed by atoms with van der Waals surface area (Å²) in [5.41, 5.74) is 0. The predicted molar refractivity (Wildman–Crippen MR) is 59.4 cm³/mol. The molecule has 16 heavy (non-hydrogen) atoms. The molecule has 0 bridgehead atoms. The zero-order valence-corrected chi connectivity index (χ0v) is 9.33. The Kier molecular flexibility index (Phi) is 7.39. The van der Waals surface area contributed by atoms with Crippen LogP contribution in [0.3, 0.4) is 0 Å². The van der Waals surface area contributed by atoms with E-state index in [9.17, 15) is 12.8 Å². The SMILES string of the molecule is CCCNS(=O)(=O)C#CC#CC#CC#CF. The minimum Gasteiger partial charge on any atom is -0.205 e. The van der Waals surface area contributed by atoms with Gasteiger partial charge in [0.1, 0.15) is 6.17 Å². The maximum atomic E-state index is 11.2. The maximum Gasteiger partial charge on any atom is 0.281 e. The van der Waals surface area contributed by atoms with Crippen molar-refractivity contribution in [3.05, 3.63) is 0 Å². The molecule has 0 rings (SSSR count). The standard InChI is InChI=1S/C11H8FNO2S/c1-2-10-13-16(14,15)11-8-6-4-3-5-7-9-12/h13H,2,10H2,1H3. The van der Waals surface area contributed by atoms with Crippen molar-refractivity contribution in [1.29, 1.82) is 0 Å². The van der Waals surface area contributed by atoms with Crippen molar-refractivity contribution in [2.45, 2.75) is 13.3 Å². The number of hydrogen-bond donors (Lipinski definition) is 1. The Morgan fingerprint density at radius 3 is 2.19 bits per heavy atom. The summed E-state index contributed by atoms with van der Waals surface area (Å²) in [7, 11) is -3.59. The molecule has 0 radical (unpaired) electrons. The summed E-state index contributed by atoms with van der Waals surface area (Å²) in [6.45, 7) is 2.16. The summed E-state index contributed by atoms with van der Waals surface area (Å²) >= 11 is 0. The smallest absolute Gasteiger partial charge is 0.205 e. The predicted octanol–water partition coefficient (Wildman–Crippen LogP) is 0.214. The fraction of sp³-hybridized carbons (Fsp3) is 0.273. The molecule has 0 unspecified atom stereocenters. The van der Waals surface area contributed by atoms with Crippen LogP contribution in [0.1, 0.15) is 13.3 Å². The molecule has 5 heteroatoms. The number of halogens is 1. The van der Waals surface area contributed by atoms with E-state index in [1.807, 2.05) is 18.1 Å². The maximum absolute atomic E-state index is 11.2. The van der Waals surface area contributed by atoms with E-state index in [2.05, 4.69) is 34.3 Å². The highest BCUT2D eigenvalue weighted by molar-refractivity contribution is 7.94. The van der Waals surface area contributed by atoms with Gasteiger partial charge in [-0.05, 0) is 6.42 Å². The van der Waals surface area contributed by atoms with Crippen molar-refractivity contribution in [3.8, 4) is 46.9 Å². The van der Waals surface area contributed by atoms with Crippen molar-refractivity contribution in [3.63, 3.8) is 0 Å². The normalized spacial score (nSPS) is 7.88. The second-order valence-corrected chi connectivity index (χ2v) is 3.84. The molecule has 3 nitrogen and oxygen atoms in total. The van der Waals surface area contributed by atoms with Gasteiger partial charge in [-0.25, -0.2) is 4.72 Å². The molecule has 0 fully saturated rings. The van der Waals surface area contributed by atoms with Gasteiger partial charge in [-0.3, -0.25) is 0 Å². The topological polar surface area (TPSA) is 46.2 Å². The van der Waals surface area contributed by atoms with E-state index in [1.54, 1.807) is 0 Å². The van der Waals surface area contributed by atoms with Gasteiger partial charge in [-0.1, -0.05) is 6.92 Å². The Morgan fingerprint density at radius 1 is 1.06 bits per heavy atom. The fourth-order valence-electron chi connectivity index (χ4n) is 0.514. The van der Waals surface area contributed by atoms with Gasteiger partial charge < -0.3 is 0 Å². The molecule has 0 aromatic rings. The number of sulfonamides is 1. The molecule has 0 saturated carbocycles. The monoisotopic (exact) mass is 237 g/mol. The van der Waals surface area contributed by atoms with Crippen LogP contribution in [0, 0.1) is 46.9 Å². The van der Waals surface area contributed by atoms with Crippen LogP contribution in [0.2, 0.25) is 0 Å². The van der Waals surface area contributed by atoms with Gasteiger partial charge in [-0.2, -0.15) is 8.42 Å². The van der Waals surface area contributed by atoms with Gasteiger partial charge in [0.2, 0.25) is 0 Å². The Balaban J connectivity index is 4.40. The molecule has 0 aliphatic heterocycles. The van der Waals surface area contributed by atoms with Crippen molar-refractivity contribution in [1.82, 2.24) is 4.72 Å². The van der Waals surface area contributed by atoms with E-state index in [0.29, 0.717) is 13.0 Å². The molecule has 0 aromatic carbocycles. The molecule has 0 aliphatic rings. The van der Waals surface area contributed by atoms with Gasteiger partial charge in [-0.15, -0.1) is 4.39 Å². The first-order chi connectivity index (χ1) is 7.62. The molecule has 1 N–H and O–H groups in total. The van der Waals surface area contributed by atoms with Crippen LogP contribution in [0.4, 0.5) is 4.39 Å². The molecule has 0 saturated heterocycles. The van der Waals surface area contributed by atoms with Crippen LogP contribution in [-0.2, 0) is 10.0 Å². The van der Waals surface area contributed by atoms with Crippen LogP contribution in [0.15, 0.2) is 0 Å². The summed E-state index contributed by atoms with van der Waals surface area (Å²) < 4.78 is 35.6. The Bertz CT molecular complexity index is 562. The minimum absolute atomic E-state index is 0.330. The number of nitrogens with one attached hydrogen (secondary N) is 1. The summed E-state index contributed by atoms with van der Waals surface area (Å²) in [6.07, 6.45) is 1.75. The van der Waals surface area contributed by atoms with Gasteiger partial charge in [0.25, 0.3) is 10.0 Å². The first-order valence-electron chi connectivity index (χ1n) is 4.24. The van der Waals surface area contributed by atoms with E-state index in [-0.39, 0.29) is 0 Å². The minimum atomic E-state index is -3.59. The average Bonchev–Trinajstić information content (AvgIpc) is 2.25. The third-order valence-corrected chi connectivity index (χ3v) is 2.04. The zero-order chi connectivity index (χ0) is 12.3. The van der Waals surface area contributed by atoms with Gasteiger partial charge in [0.05, 0.1) is 5.25 Å². The lowest BCUT2D eigenvalue weighted by molar-refractivity contribution is 0.591. The van der Waals surface area contributed by atoms with Crippen LogP contribution in [0.25, 0.3) is 0 Å². The van der Waals surface area contributed by atoms with Crippen LogP contribution in [0.5, 0.6) is 0 Å². The Labute approximate surface area is 94.9 Å². The average molecular weight is 237 g/mol. The van der Waals surface area contributed by atoms with E-state index in [0.717, 1.165) is 6.17 Å². The summed E-state index contributed by atoms with van der Waals surface area (Å²) in [5.74, 6) is 12.6. The van der Waals surface area contributed by atoms with E-state index < -0.39 is 10.0 Å². The molecule has 0 amide bonds. The fourth-order valence-corrected chi connectivity index (χ4v) is 1.24. The number of rotatable bonds is 3. The molecule has 0 aliphatic carbocycles.